The molecule has 3 aromatic rings. The maximum Gasteiger partial charge on any atom is 0.251 e. The lowest BCUT2D eigenvalue weighted by Gasteiger charge is -2.28. The normalized spacial score (nSPS) is 14.0. The minimum Gasteiger partial charge on any atom is -0.391 e. The quantitative estimate of drug-likeness (QED) is 0.169. The molecule has 254 valence electrons. The molecule has 3 rings (SSSR count). The molecule has 11 heteroatoms. The minimum absolute atomic E-state index is 0.0616. The Morgan fingerprint density at radius 3 is 2.02 bits per heavy atom. The highest BCUT2D eigenvalue weighted by Gasteiger charge is 2.29. The summed E-state index contributed by atoms with van der Waals surface area (Å²) in [4.78, 5) is 39.2. The van der Waals surface area contributed by atoms with Crippen molar-refractivity contribution in [2.75, 3.05) is 11.4 Å². The number of benzene rings is 3. The second-order valence-electron chi connectivity index (χ2n) is 12.3. The topological polar surface area (TPSA) is 145 Å². The zero-order valence-corrected chi connectivity index (χ0v) is 28.7. The summed E-state index contributed by atoms with van der Waals surface area (Å²) < 4.78 is 27.3. The summed E-state index contributed by atoms with van der Waals surface area (Å²) in [5, 5.41) is 19.8. The maximum absolute atomic E-state index is 13.4. The maximum atomic E-state index is 13.4. The Bertz CT molecular complexity index is 1570. The molecule has 0 unspecified atom stereocenters. The number of aliphatic hydroxyl groups excluding tert-OH is 1. The molecule has 3 aromatic carbocycles. The molecule has 4 atom stereocenters. The van der Waals surface area contributed by atoms with Gasteiger partial charge in [0, 0.05) is 25.1 Å². The first kappa shape index (κ1) is 37.2. The minimum atomic E-state index is -3.72. The number of carbonyl (C=O) groups excluding carboxylic acids is 3. The number of sulfonamides is 1. The molecule has 0 heterocycles. The zero-order valence-electron chi connectivity index (χ0n) is 27.8. The molecule has 47 heavy (non-hydrogen) atoms. The lowest BCUT2D eigenvalue weighted by molar-refractivity contribution is -0.131. The van der Waals surface area contributed by atoms with Crippen LogP contribution in [0.3, 0.4) is 0 Å². The molecule has 0 aliphatic rings. The monoisotopic (exact) mass is 664 g/mol. The van der Waals surface area contributed by atoms with Gasteiger partial charge in [-0.25, -0.2) is 8.42 Å². The Morgan fingerprint density at radius 2 is 1.43 bits per heavy atom. The van der Waals surface area contributed by atoms with Crippen LogP contribution in [-0.4, -0.2) is 56.5 Å². The number of hydrogen-bond acceptors (Lipinski definition) is 6. The third-order valence-corrected chi connectivity index (χ3v) is 9.72. The number of nitrogens with one attached hydrogen (secondary N) is 3. The van der Waals surface area contributed by atoms with Gasteiger partial charge in [0.1, 0.15) is 6.04 Å². The predicted octanol–water partition coefficient (Wildman–Crippen LogP) is 4.40. The largest absolute Gasteiger partial charge is 0.391 e. The fourth-order valence-corrected chi connectivity index (χ4v) is 6.41. The van der Waals surface area contributed by atoms with Gasteiger partial charge in [-0.05, 0) is 54.5 Å². The molecular formula is C36H48N4O6S. The third-order valence-electron chi connectivity index (χ3n) is 7.98. The average Bonchev–Trinajstić information content (AvgIpc) is 3.05. The Morgan fingerprint density at radius 1 is 0.809 bits per heavy atom. The van der Waals surface area contributed by atoms with Gasteiger partial charge in [-0.3, -0.25) is 18.7 Å². The molecular weight excluding hydrogens is 616 g/mol. The molecule has 10 nitrogen and oxygen atoms in total. The molecule has 0 radical (unpaired) electrons. The van der Waals surface area contributed by atoms with Crippen LogP contribution in [0.1, 0.15) is 68.4 Å². The number of rotatable bonds is 17. The van der Waals surface area contributed by atoms with Crippen LogP contribution in [0.5, 0.6) is 0 Å². The smallest absolute Gasteiger partial charge is 0.251 e. The Balaban J connectivity index is 1.63. The Labute approximate surface area is 279 Å². The summed E-state index contributed by atoms with van der Waals surface area (Å²) in [5.74, 6) is -1.83. The van der Waals surface area contributed by atoms with E-state index in [0.717, 1.165) is 9.87 Å². The van der Waals surface area contributed by atoms with Crippen molar-refractivity contribution in [2.24, 2.45) is 11.8 Å². The van der Waals surface area contributed by atoms with E-state index >= 15 is 0 Å². The van der Waals surface area contributed by atoms with Crippen LogP contribution in [0.2, 0.25) is 0 Å². The summed E-state index contributed by atoms with van der Waals surface area (Å²) >= 11 is 0. The summed E-state index contributed by atoms with van der Waals surface area (Å²) in [6.07, 6.45) is -0.140. The van der Waals surface area contributed by atoms with E-state index in [1.54, 1.807) is 49.4 Å². The second kappa shape index (κ2) is 17.6. The van der Waals surface area contributed by atoms with Gasteiger partial charge in [0.25, 0.3) is 5.91 Å². The van der Waals surface area contributed by atoms with E-state index in [2.05, 4.69) is 16.0 Å². The fourth-order valence-electron chi connectivity index (χ4n) is 5.17. The molecule has 0 saturated carbocycles. The van der Waals surface area contributed by atoms with Gasteiger partial charge in [0.05, 0.1) is 23.6 Å². The zero-order chi connectivity index (χ0) is 34.6. The molecule has 3 amide bonds. The first-order valence-corrected chi connectivity index (χ1v) is 17.6. The van der Waals surface area contributed by atoms with Gasteiger partial charge < -0.3 is 21.1 Å². The van der Waals surface area contributed by atoms with Crippen molar-refractivity contribution in [3.05, 3.63) is 102 Å². The van der Waals surface area contributed by atoms with Crippen molar-refractivity contribution in [1.29, 1.82) is 0 Å². The molecule has 0 saturated heterocycles. The van der Waals surface area contributed by atoms with Crippen molar-refractivity contribution in [3.8, 4) is 0 Å². The van der Waals surface area contributed by atoms with E-state index in [-0.39, 0.29) is 35.5 Å². The van der Waals surface area contributed by atoms with E-state index in [1.165, 1.54) is 13.1 Å². The predicted molar refractivity (Wildman–Crippen MR) is 185 cm³/mol. The molecule has 0 bridgehead atoms. The summed E-state index contributed by atoms with van der Waals surface area (Å²) in [7, 11) is -2.27. The Kier molecular flexibility index (Phi) is 14.0. The van der Waals surface area contributed by atoms with Gasteiger partial charge in [0.15, 0.2) is 0 Å². The van der Waals surface area contributed by atoms with Gasteiger partial charge in [-0.15, -0.1) is 0 Å². The van der Waals surface area contributed by atoms with Crippen LogP contribution >= 0.6 is 0 Å². The van der Waals surface area contributed by atoms with Crippen LogP contribution < -0.4 is 20.3 Å². The van der Waals surface area contributed by atoms with Crippen molar-refractivity contribution in [1.82, 2.24) is 16.0 Å². The van der Waals surface area contributed by atoms with Crippen LogP contribution in [-0.2, 0) is 31.9 Å². The fraction of sp³-hybridized carbons (Fsp3) is 0.417. The number of nitrogens with zero attached hydrogens (tertiary/aromatic N) is 1. The van der Waals surface area contributed by atoms with Crippen molar-refractivity contribution in [3.63, 3.8) is 0 Å². The first-order chi connectivity index (χ1) is 22.3. The van der Waals surface area contributed by atoms with Crippen LogP contribution in [0, 0.1) is 11.8 Å². The van der Waals surface area contributed by atoms with E-state index < -0.39 is 40.0 Å². The summed E-state index contributed by atoms with van der Waals surface area (Å²) in [5.41, 5.74) is 2.17. The number of amides is 3. The van der Waals surface area contributed by atoms with Gasteiger partial charge in [0.2, 0.25) is 21.8 Å². The SMILES string of the molecule is CC[C@H](NC(=O)[C@H](C)C[C@H](O)[C@H](CC(C)C)NC(=O)c1cccc(N(C)S(=O)(=O)Cc2ccccc2)c1)C(=O)NCc1ccccc1. The van der Waals surface area contributed by atoms with E-state index in [0.29, 0.717) is 30.6 Å². The molecule has 0 spiro atoms. The summed E-state index contributed by atoms with van der Waals surface area (Å²) in [6, 6.07) is 23.3. The Hall–Kier alpha value is -4.22. The van der Waals surface area contributed by atoms with Gasteiger partial charge >= 0.3 is 0 Å². The highest BCUT2D eigenvalue weighted by atomic mass is 32.2. The standard InChI is InChI=1S/C36H48N4O6S/c1-6-31(36(44)37-23-27-14-9-7-10-15-27)38-34(42)26(4)21-33(41)32(20-25(2)3)39-35(43)29-18-13-19-30(22-29)40(5)47(45,46)24-28-16-11-8-12-17-28/h7-19,22,25-26,31-33,41H,6,20-21,23-24H2,1-5H3,(H,37,44)(H,38,42)(H,39,43)/t26-,31+,32+,33+/m1/s1. The van der Waals surface area contributed by atoms with Crippen molar-refractivity contribution >= 4 is 33.4 Å². The number of anilines is 1. The van der Waals surface area contributed by atoms with E-state index in [4.69, 9.17) is 0 Å². The molecule has 4 N–H and O–H groups in total. The number of aliphatic hydroxyl groups is 1. The highest BCUT2D eigenvalue weighted by Crippen LogP contribution is 2.22. The average molecular weight is 665 g/mol. The molecule has 0 aromatic heterocycles. The second-order valence-corrected chi connectivity index (χ2v) is 14.3. The molecule has 0 aliphatic heterocycles. The van der Waals surface area contributed by atoms with E-state index in [1.807, 2.05) is 57.2 Å². The third kappa shape index (κ3) is 11.5. The van der Waals surface area contributed by atoms with Crippen LogP contribution in [0.15, 0.2) is 84.9 Å². The van der Waals surface area contributed by atoms with Crippen molar-refractivity contribution < 1.29 is 27.9 Å². The lowest BCUT2D eigenvalue weighted by atomic mass is 9.92. The van der Waals surface area contributed by atoms with Crippen LogP contribution in [0.4, 0.5) is 5.69 Å². The molecule has 0 fully saturated rings. The summed E-state index contributed by atoms with van der Waals surface area (Å²) in [6.45, 7) is 7.77. The van der Waals surface area contributed by atoms with Gasteiger partial charge in [-0.1, -0.05) is 94.4 Å². The number of hydrogen-bond donors (Lipinski definition) is 4. The lowest BCUT2D eigenvalue weighted by Crippen LogP contribution is -2.49. The van der Waals surface area contributed by atoms with Gasteiger partial charge in [-0.2, -0.15) is 0 Å². The number of carbonyl (C=O) groups is 3. The first-order valence-electron chi connectivity index (χ1n) is 16.0. The molecule has 0 aliphatic carbocycles. The van der Waals surface area contributed by atoms with E-state index in [9.17, 15) is 27.9 Å². The highest BCUT2D eigenvalue weighted by molar-refractivity contribution is 7.92. The van der Waals surface area contributed by atoms with Crippen molar-refractivity contribution in [2.45, 2.75) is 77.4 Å². The van der Waals surface area contributed by atoms with Crippen LogP contribution in [0.25, 0.3) is 0 Å².